The second kappa shape index (κ2) is 2.52. The van der Waals surface area contributed by atoms with Crippen molar-refractivity contribution in [3.63, 3.8) is 0 Å². The first kappa shape index (κ1) is 7.16. The Morgan fingerprint density at radius 1 is 1.33 bits per heavy atom. The molecule has 0 aromatic carbocycles. The highest BCUT2D eigenvalue weighted by Crippen LogP contribution is 2.15. The largest absolute Gasteiger partial charge is 0.237 e. The third-order valence-electron chi connectivity index (χ3n) is 1.85. The summed E-state index contributed by atoms with van der Waals surface area (Å²) >= 11 is 0. The molecule has 0 N–H and O–H groups in total. The van der Waals surface area contributed by atoms with Crippen molar-refractivity contribution in [3.8, 4) is 0 Å². The number of rotatable bonds is 0. The fourth-order valence-corrected chi connectivity index (χ4v) is 1.14. The maximum absolute atomic E-state index is 13.0. The van der Waals surface area contributed by atoms with E-state index in [1.165, 1.54) is 6.20 Å². The summed E-state index contributed by atoms with van der Waals surface area (Å²) in [7, 11) is 0. The second-order valence-electron chi connectivity index (χ2n) is 2.61. The summed E-state index contributed by atoms with van der Waals surface area (Å²) in [6.45, 7) is 1.72. The molecule has 2 nitrogen and oxygen atoms in total. The molecule has 0 saturated heterocycles. The molecule has 3 heteroatoms. The Labute approximate surface area is 69.1 Å². The van der Waals surface area contributed by atoms with Crippen molar-refractivity contribution in [2.45, 2.75) is 6.92 Å². The maximum Gasteiger partial charge on any atom is 0.159 e. The molecule has 0 aliphatic heterocycles. The summed E-state index contributed by atoms with van der Waals surface area (Å²) in [5, 5.41) is 0.775. The predicted octanol–water partition coefficient (Wildman–Crippen LogP) is 2.08. The van der Waals surface area contributed by atoms with Gasteiger partial charge in [0.25, 0.3) is 0 Å². The van der Waals surface area contributed by atoms with Gasteiger partial charge in [0.2, 0.25) is 0 Å². The molecule has 2 heterocycles. The standard InChI is InChI=1S/C9H7FN2/c1-6-7-3-2-4-11-9(7)12-5-8(6)10/h2-5H,1H3. The van der Waals surface area contributed by atoms with Crippen LogP contribution < -0.4 is 0 Å². The lowest BCUT2D eigenvalue weighted by atomic mass is 10.2. The van der Waals surface area contributed by atoms with E-state index >= 15 is 0 Å². The minimum atomic E-state index is -0.282. The summed E-state index contributed by atoms with van der Waals surface area (Å²) in [5.74, 6) is -0.282. The van der Waals surface area contributed by atoms with E-state index in [0.29, 0.717) is 11.2 Å². The topological polar surface area (TPSA) is 25.8 Å². The van der Waals surface area contributed by atoms with Gasteiger partial charge < -0.3 is 0 Å². The molecule has 0 unspecified atom stereocenters. The van der Waals surface area contributed by atoms with E-state index in [-0.39, 0.29) is 5.82 Å². The number of halogens is 1. The third-order valence-corrected chi connectivity index (χ3v) is 1.85. The van der Waals surface area contributed by atoms with E-state index in [1.54, 1.807) is 19.2 Å². The Kier molecular flexibility index (Phi) is 1.50. The summed E-state index contributed by atoms with van der Waals surface area (Å²) in [4.78, 5) is 7.86. The van der Waals surface area contributed by atoms with Crippen LogP contribution in [0.25, 0.3) is 11.0 Å². The average Bonchev–Trinajstić information content (AvgIpc) is 2.12. The van der Waals surface area contributed by atoms with Gasteiger partial charge in [-0.1, -0.05) is 0 Å². The molecule has 2 rings (SSSR count). The van der Waals surface area contributed by atoms with Crippen molar-refractivity contribution < 1.29 is 4.39 Å². The zero-order valence-electron chi connectivity index (χ0n) is 6.58. The van der Waals surface area contributed by atoms with Crippen molar-refractivity contribution in [2.75, 3.05) is 0 Å². The molecule has 2 aromatic rings. The number of pyridine rings is 2. The van der Waals surface area contributed by atoms with Crippen molar-refractivity contribution in [2.24, 2.45) is 0 Å². The number of aryl methyl sites for hydroxylation is 1. The van der Waals surface area contributed by atoms with Gasteiger partial charge in [0, 0.05) is 11.6 Å². The van der Waals surface area contributed by atoms with Crippen LogP contribution in [0.1, 0.15) is 5.56 Å². The van der Waals surface area contributed by atoms with Gasteiger partial charge in [-0.3, -0.25) is 0 Å². The third kappa shape index (κ3) is 0.942. The van der Waals surface area contributed by atoms with Gasteiger partial charge in [-0.15, -0.1) is 0 Å². The van der Waals surface area contributed by atoms with Gasteiger partial charge in [0.15, 0.2) is 5.65 Å². The van der Waals surface area contributed by atoms with Gasteiger partial charge >= 0.3 is 0 Å². The van der Waals surface area contributed by atoms with E-state index in [2.05, 4.69) is 9.97 Å². The van der Waals surface area contributed by atoms with Crippen molar-refractivity contribution in [1.82, 2.24) is 9.97 Å². The quantitative estimate of drug-likeness (QED) is 0.592. The van der Waals surface area contributed by atoms with E-state index in [1.807, 2.05) is 6.07 Å². The molecule has 0 atom stereocenters. The minimum Gasteiger partial charge on any atom is -0.237 e. The van der Waals surface area contributed by atoms with Gasteiger partial charge in [0.05, 0.1) is 6.20 Å². The second-order valence-corrected chi connectivity index (χ2v) is 2.61. The summed E-state index contributed by atoms with van der Waals surface area (Å²) in [5.41, 5.74) is 1.20. The van der Waals surface area contributed by atoms with E-state index < -0.39 is 0 Å². The lowest BCUT2D eigenvalue weighted by molar-refractivity contribution is 0.615. The molecule has 0 amide bonds. The smallest absolute Gasteiger partial charge is 0.159 e. The molecular formula is C9H7FN2. The van der Waals surface area contributed by atoms with Crippen molar-refractivity contribution in [1.29, 1.82) is 0 Å². The summed E-state index contributed by atoms with van der Waals surface area (Å²) < 4.78 is 13.0. The van der Waals surface area contributed by atoms with Crippen LogP contribution in [0.15, 0.2) is 24.5 Å². The normalized spacial score (nSPS) is 10.5. The molecule has 2 aromatic heterocycles. The Morgan fingerprint density at radius 3 is 3.00 bits per heavy atom. The monoisotopic (exact) mass is 162 g/mol. The van der Waals surface area contributed by atoms with Crippen LogP contribution in [0.5, 0.6) is 0 Å². The van der Waals surface area contributed by atoms with Gasteiger partial charge in [-0.05, 0) is 24.6 Å². The predicted molar refractivity (Wildman–Crippen MR) is 44.2 cm³/mol. The van der Waals surface area contributed by atoms with E-state index in [0.717, 1.165) is 5.39 Å². The van der Waals surface area contributed by atoms with Crippen LogP contribution >= 0.6 is 0 Å². The minimum absolute atomic E-state index is 0.282. The number of nitrogens with zero attached hydrogens (tertiary/aromatic N) is 2. The summed E-state index contributed by atoms with van der Waals surface area (Å²) in [6, 6.07) is 3.59. The molecular weight excluding hydrogens is 155 g/mol. The maximum atomic E-state index is 13.0. The number of hydrogen-bond donors (Lipinski definition) is 0. The van der Waals surface area contributed by atoms with Crippen LogP contribution in [-0.4, -0.2) is 9.97 Å². The van der Waals surface area contributed by atoms with Gasteiger partial charge in [-0.2, -0.15) is 0 Å². The number of aromatic nitrogens is 2. The fraction of sp³-hybridized carbons (Fsp3) is 0.111. The highest BCUT2D eigenvalue weighted by molar-refractivity contribution is 5.77. The van der Waals surface area contributed by atoms with Crippen LogP contribution in [0.3, 0.4) is 0 Å². The average molecular weight is 162 g/mol. The number of fused-ring (bicyclic) bond motifs is 1. The van der Waals surface area contributed by atoms with Crippen molar-refractivity contribution in [3.05, 3.63) is 35.9 Å². The first-order valence-electron chi connectivity index (χ1n) is 3.65. The van der Waals surface area contributed by atoms with Crippen LogP contribution in [-0.2, 0) is 0 Å². The van der Waals surface area contributed by atoms with E-state index in [9.17, 15) is 4.39 Å². The van der Waals surface area contributed by atoms with Crippen LogP contribution in [0.4, 0.5) is 4.39 Å². The Bertz CT molecular complexity index is 426. The van der Waals surface area contributed by atoms with Gasteiger partial charge in [-0.25, -0.2) is 14.4 Å². The molecule has 60 valence electrons. The molecule has 0 spiro atoms. The number of hydrogen-bond acceptors (Lipinski definition) is 2. The van der Waals surface area contributed by atoms with Gasteiger partial charge in [0.1, 0.15) is 5.82 Å². The first-order valence-corrected chi connectivity index (χ1v) is 3.65. The highest BCUT2D eigenvalue weighted by Gasteiger charge is 2.02. The lowest BCUT2D eigenvalue weighted by Crippen LogP contribution is -1.89. The lowest BCUT2D eigenvalue weighted by Gasteiger charge is -1.99. The molecule has 0 bridgehead atoms. The molecule has 0 aliphatic carbocycles. The molecule has 0 aliphatic rings. The van der Waals surface area contributed by atoms with Crippen molar-refractivity contribution >= 4 is 11.0 Å². The molecule has 12 heavy (non-hydrogen) atoms. The molecule has 0 radical (unpaired) electrons. The Balaban J connectivity index is 2.91. The molecule has 0 fully saturated rings. The SMILES string of the molecule is Cc1c(F)cnc2ncccc12. The highest BCUT2D eigenvalue weighted by atomic mass is 19.1. The van der Waals surface area contributed by atoms with Crippen LogP contribution in [0, 0.1) is 12.7 Å². The van der Waals surface area contributed by atoms with Crippen LogP contribution in [0.2, 0.25) is 0 Å². The zero-order valence-corrected chi connectivity index (χ0v) is 6.58. The Morgan fingerprint density at radius 2 is 2.17 bits per heavy atom. The Hall–Kier alpha value is -1.51. The summed E-state index contributed by atoms with van der Waals surface area (Å²) in [6.07, 6.45) is 2.84. The first-order chi connectivity index (χ1) is 5.79. The zero-order chi connectivity index (χ0) is 8.55. The van der Waals surface area contributed by atoms with E-state index in [4.69, 9.17) is 0 Å². The molecule has 0 saturated carbocycles. The fourth-order valence-electron chi connectivity index (χ4n) is 1.14.